The molecular formula is C19H24FNO2. The second kappa shape index (κ2) is 9.28. The highest BCUT2D eigenvalue weighted by molar-refractivity contribution is 5.29. The van der Waals surface area contributed by atoms with Gasteiger partial charge in [-0.25, -0.2) is 4.39 Å². The SMILES string of the molecule is CCOCCOc1ccc(C(C)NCc2ccc(F)cc2)cc1. The fourth-order valence-corrected chi connectivity index (χ4v) is 2.21. The maximum Gasteiger partial charge on any atom is 0.123 e. The highest BCUT2D eigenvalue weighted by Crippen LogP contribution is 2.18. The Kier molecular flexibility index (Phi) is 7.04. The summed E-state index contributed by atoms with van der Waals surface area (Å²) in [6.07, 6.45) is 0. The Balaban J connectivity index is 1.80. The van der Waals surface area contributed by atoms with Crippen LogP contribution >= 0.6 is 0 Å². The normalized spacial score (nSPS) is 12.1. The summed E-state index contributed by atoms with van der Waals surface area (Å²) in [6, 6.07) is 14.8. The van der Waals surface area contributed by atoms with Crippen molar-refractivity contribution in [3.05, 3.63) is 65.5 Å². The lowest BCUT2D eigenvalue weighted by atomic mass is 10.1. The number of benzene rings is 2. The first-order valence-corrected chi connectivity index (χ1v) is 7.97. The smallest absolute Gasteiger partial charge is 0.123 e. The molecule has 4 heteroatoms. The summed E-state index contributed by atoms with van der Waals surface area (Å²) in [5.74, 6) is 0.640. The molecule has 0 saturated carbocycles. The minimum Gasteiger partial charge on any atom is -0.491 e. The van der Waals surface area contributed by atoms with Crippen LogP contribution in [-0.4, -0.2) is 19.8 Å². The molecule has 0 aromatic heterocycles. The molecule has 0 aliphatic heterocycles. The fraction of sp³-hybridized carbons (Fsp3) is 0.368. The van der Waals surface area contributed by atoms with Crippen molar-refractivity contribution in [2.75, 3.05) is 19.8 Å². The van der Waals surface area contributed by atoms with Crippen molar-refractivity contribution < 1.29 is 13.9 Å². The molecule has 0 radical (unpaired) electrons. The molecule has 3 nitrogen and oxygen atoms in total. The van der Waals surface area contributed by atoms with Gasteiger partial charge in [-0.2, -0.15) is 0 Å². The second-order valence-corrected chi connectivity index (χ2v) is 5.34. The van der Waals surface area contributed by atoms with E-state index in [2.05, 4.69) is 24.4 Å². The number of ether oxygens (including phenoxy) is 2. The van der Waals surface area contributed by atoms with Crippen LogP contribution in [0.2, 0.25) is 0 Å². The molecule has 0 heterocycles. The van der Waals surface area contributed by atoms with Crippen molar-refractivity contribution >= 4 is 0 Å². The Labute approximate surface area is 137 Å². The number of nitrogens with one attached hydrogen (secondary N) is 1. The third kappa shape index (κ3) is 6.00. The second-order valence-electron chi connectivity index (χ2n) is 5.34. The van der Waals surface area contributed by atoms with E-state index in [0.717, 1.165) is 11.3 Å². The lowest BCUT2D eigenvalue weighted by Gasteiger charge is -2.15. The van der Waals surface area contributed by atoms with Crippen molar-refractivity contribution in [3.8, 4) is 5.75 Å². The molecule has 2 aromatic rings. The van der Waals surface area contributed by atoms with Crippen molar-refractivity contribution in [3.63, 3.8) is 0 Å². The maximum absolute atomic E-state index is 12.9. The third-order valence-electron chi connectivity index (χ3n) is 3.61. The molecule has 0 saturated heterocycles. The molecule has 0 fully saturated rings. The van der Waals surface area contributed by atoms with Gasteiger partial charge in [0.2, 0.25) is 0 Å². The van der Waals surface area contributed by atoms with Crippen LogP contribution in [0.25, 0.3) is 0 Å². The molecule has 2 rings (SSSR count). The van der Waals surface area contributed by atoms with Crippen LogP contribution in [0.3, 0.4) is 0 Å². The van der Waals surface area contributed by atoms with Gasteiger partial charge in [-0.1, -0.05) is 24.3 Å². The minimum absolute atomic E-state index is 0.206. The molecular weight excluding hydrogens is 293 g/mol. The molecule has 0 bridgehead atoms. The van der Waals surface area contributed by atoms with Gasteiger partial charge in [0.1, 0.15) is 18.2 Å². The first-order chi connectivity index (χ1) is 11.2. The molecule has 1 atom stereocenters. The summed E-state index contributed by atoms with van der Waals surface area (Å²) < 4.78 is 23.7. The molecule has 124 valence electrons. The van der Waals surface area contributed by atoms with E-state index in [-0.39, 0.29) is 11.9 Å². The highest BCUT2D eigenvalue weighted by atomic mass is 19.1. The van der Waals surface area contributed by atoms with Crippen molar-refractivity contribution in [2.24, 2.45) is 0 Å². The molecule has 0 amide bonds. The number of rotatable bonds is 9. The van der Waals surface area contributed by atoms with Gasteiger partial charge in [-0.15, -0.1) is 0 Å². The molecule has 0 spiro atoms. The van der Waals surface area contributed by atoms with E-state index >= 15 is 0 Å². The monoisotopic (exact) mass is 317 g/mol. The summed E-state index contributed by atoms with van der Waals surface area (Å²) in [6.45, 7) is 6.65. The van der Waals surface area contributed by atoms with Crippen LogP contribution in [0.4, 0.5) is 4.39 Å². The van der Waals surface area contributed by atoms with Crippen LogP contribution in [0.15, 0.2) is 48.5 Å². The molecule has 0 aliphatic rings. The van der Waals surface area contributed by atoms with E-state index in [1.165, 1.54) is 17.7 Å². The van der Waals surface area contributed by atoms with Gasteiger partial charge in [-0.05, 0) is 49.2 Å². The topological polar surface area (TPSA) is 30.5 Å². The molecule has 0 aliphatic carbocycles. The molecule has 1 unspecified atom stereocenters. The largest absolute Gasteiger partial charge is 0.491 e. The summed E-state index contributed by atoms with van der Waals surface area (Å²) >= 11 is 0. The summed E-state index contributed by atoms with van der Waals surface area (Å²) in [7, 11) is 0. The predicted octanol–water partition coefficient (Wildman–Crippen LogP) is 4.09. The minimum atomic E-state index is -0.207. The highest BCUT2D eigenvalue weighted by Gasteiger charge is 2.05. The zero-order chi connectivity index (χ0) is 16.5. The molecule has 23 heavy (non-hydrogen) atoms. The number of halogens is 1. The average Bonchev–Trinajstić information content (AvgIpc) is 2.58. The van der Waals surface area contributed by atoms with Gasteiger partial charge in [0, 0.05) is 19.2 Å². The standard InChI is InChI=1S/C19H24FNO2/c1-3-22-12-13-23-19-10-6-17(7-11-19)15(2)21-14-16-4-8-18(20)9-5-16/h4-11,15,21H,3,12-14H2,1-2H3. The Morgan fingerprint density at radius 1 is 1.00 bits per heavy atom. The van der Waals surface area contributed by atoms with Gasteiger partial charge in [0.15, 0.2) is 0 Å². The number of hydrogen-bond acceptors (Lipinski definition) is 3. The predicted molar refractivity (Wildman–Crippen MR) is 90.1 cm³/mol. The van der Waals surface area contributed by atoms with Gasteiger partial charge in [0.25, 0.3) is 0 Å². The van der Waals surface area contributed by atoms with Crippen molar-refractivity contribution in [2.45, 2.75) is 26.4 Å². The maximum atomic E-state index is 12.9. The van der Waals surface area contributed by atoms with Gasteiger partial charge in [-0.3, -0.25) is 0 Å². The molecule has 1 N–H and O–H groups in total. The summed E-state index contributed by atoms with van der Waals surface area (Å²) in [5, 5.41) is 3.43. The summed E-state index contributed by atoms with van der Waals surface area (Å²) in [4.78, 5) is 0. The zero-order valence-electron chi connectivity index (χ0n) is 13.7. The van der Waals surface area contributed by atoms with Crippen molar-refractivity contribution in [1.29, 1.82) is 0 Å². The van der Waals surface area contributed by atoms with E-state index in [1.54, 1.807) is 12.1 Å². The van der Waals surface area contributed by atoms with Crippen LogP contribution in [-0.2, 0) is 11.3 Å². The van der Waals surface area contributed by atoms with Gasteiger partial charge < -0.3 is 14.8 Å². The number of hydrogen-bond donors (Lipinski definition) is 1. The lowest BCUT2D eigenvalue weighted by molar-refractivity contribution is 0.110. The van der Waals surface area contributed by atoms with Crippen LogP contribution in [0.1, 0.15) is 31.0 Å². The molecule has 2 aromatic carbocycles. The van der Waals surface area contributed by atoms with E-state index in [0.29, 0.717) is 26.4 Å². The van der Waals surface area contributed by atoms with E-state index in [1.807, 2.05) is 19.1 Å². The Bertz CT molecular complexity index is 569. The van der Waals surface area contributed by atoms with E-state index < -0.39 is 0 Å². The zero-order valence-corrected chi connectivity index (χ0v) is 13.7. The first kappa shape index (κ1) is 17.4. The fourth-order valence-electron chi connectivity index (χ4n) is 2.21. The first-order valence-electron chi connectivity index (χ1n) is 7.97. The van der Waals surface area contributed by atoms with Crippen molar-refractivity contribution in [1.82, 2.24) is 5.32 Å². The van der Waals surface area contributed by atoms with Gasteiger partial charge >= 0.3 is 0 Å². The van der Waals surface area contributed by atoms with Gasteiger partial charge in [0.05, 0.1) is 6.61 Å². The Hall–Kier alpha value is -1.91. The quantitative estimate of drug-likeness (QED) is 0.707. The average molecular weight is 317 g/mol. The van der Waals surface area contributed by atoms with Crippen LogP contribution in [0.5, 0.6) is 5.75 Å². The van der Waals surface area contributed by atoms with E-state index in [9.17, 15) is 4.39 Å². The third-order valence-corrected chi connectivity index (χ3v) is 3.61. The van der Waals surface area contributed by atoms with Crippen LogP contribution in [0, 0.1) is 5.82 Å². The Morgan fingerprint density at radius 2 is 1.70 bits per heavy atom. The van der Waals surface area contributed by atoms with E-state index in [4.69, 9.17) is 9.47 Å². The summed E-state index contributed by atoms with van der Waals surface area (Å²) in [5.41, 5.74) is 2.25. The Morgan fingerprint density at radius 3 is 2.35 bits per heavy atom. The van der Waals surface area contributed by atoms with Crippen LogP contribution < -0.4 is 10.1 Å². The lowest BCUT2D eigenvalue weighted by Crippen LogP contribution is -2.18.